The maximum atomic E-state index is 12.9. The van der Waals surface area contributed by atoms with E-state index in [-0.39, 0.29) is 22.7 Å². The van der Waals surface area contributed by atoms with Crippen LogP contribution in [0.5, 0.6) is 0 Å². The van der Waals surface area contributed by atoms with Crippen LogP contribution in [0.3, 0.4) is 0 Å². The highest BCUT2D eigenvalue weighted by atomic mass is 19.3. The lowest BCUT2D eigenvalue weighted by Crippen LogP contribution is -2.10. The summed E-state index contributed by atoms with van der Waals surface area (Å²) in [4.78, 5) is 4.41. The van der Waals surface area contributed by atoms with E-state index < -0.39 is 6.43 Å². The van der Waals surface area contributed by atoms with Crippen molar-refractivity contribution in [3.63, 3.8) is 0 Å². The van der Waals surface area contributed by atoms with E-state index in [4.69, 9.17) is 4.52 Å². The second-order valence-electron chi connectivity index (χ2n) is 5.75. The Kier molecular flexibility index (Phi) is 4.65. The van der Waals surface area contributed by atoms with Gasteiger partial charge in [-0.3, -0.25) is 4.68 Å². The fraction of sp³-hybridized carbons (Fsp3) is 0.389. The molecule has 1 aliphatic carbocycles. The zero-order valence-electron chi connectivity index (χ0n) is 14.4. The molecular formula is C18H20F2N4O. The molecule has 3 aromatic rings. The van der Waals surface area contributed by atoms with E-state index in [0.717, 1.165) is 23.1 Å². The van der Waals surface area contributed by atoms with Crippen molar-refractivity contribution in [2.45, 2.75) is 38.5 Å². The molecule has 0 saturated heterocycles. The van der Waals surface area contributed by atoms with E-state index in [1.165, 1.54) is 13.1 Å². The zero-order valence-corrected chi connectivity index (χ0v) is 14.4. The van der Waals surface area contributed by atoms with Crippen molar-refractivity contribution >= 4 is 0 Å². The molecule has 1 saturated carbocycles. The molecule has 1 aromatic carbocycles. The second kappa shape index (κ2) is 6.74. The highest BCUT2D eigenvalue weighted by molar-refractivity contribution is 5.49. The summed E-state index contributed by atoms with van der Waals surface area (Å²) in [7, 11) is 1.47. The maximum Gasteiger partial charge on any atom is 0.280 e. The molecule has 1 fully saturated rings. The van der Waals surface area contributed by atoms with Crippen LogP contribution < -0.4 is 0 Å². The Morgan fingerprint density at radius 2 is 1.84 bits per heavy atom. The van der Waals surface area contributed by atoms with Crippen LogP contribution in [0.1, 0.15) is 50.2 Å². The van der Waals surface area contributed by atoms with Crippen LogP contribution in [0.4, 0.5) is 8.78 Å². The van der Waals surface area contributed by atoms with Gasteiger partial charge in [0.15, 0.2) is 11.5 Å². The summed E-state index contributed by atoms with van der Waals surface area (Å²) in [6, 6.07) is 11.3. The fourth-order valence-electron chi connectivity index (χ4n) is 2.84. The van der Waals surface area contributed by atoms with Crippen molar-refractivity contribution in [3.8, 4) is 11.6 Å². The van der Waals surface area contributed by atoms with Gasteiger partial charge in [-0.1, -0.05) is 49.3 Å². The molecule has 132 valence electrons. The molecule has 0 radical (unpaired) electrons. The van der Waals surface area contributed by atoms with Crippen molar-refractivity contribution in [1.82, 2.24) is 19.9 Å². The Balaban J connectivity index is 0.000000880. The summed E-state index contributed by atoms with van der Waals surface area (Å²) in [5.41, 5.74) is 1.01. The highest BCUT2D eigenvalue weighted by Gasteiger charge is 2.50. The summed E-state index contributed by atoms with van der Waals surface area (Å²) in [6.07, 6.45) is -0.705. The van der Waals surface area contributed by atoms with Crippen LogP contribution in [0.25, 0.3) is 11.6 Å². The molecule has 2 heterocycles. The molecule has 0 aliphatic heterocycles. The number of benzene rings is 1. The lowest BCUT2D eigenvalue weighted by Gasteiger charge is -2.09. The quantitative estimate of drug-likeness (QED) is 0.697. The van der Waals surface area contributed by atoms with Crippen LogP contribution in [-0.4, -0.2) is 19.9 Å². The monoisotopic (exact) mass is 346 g/mol. The van der Waals surface area contributed by atoms with E-state index in [0.29, 0.717) is 5.82 Å². The van der Waals surface area contributed by atoms with E-state index in [1.807, 2.05) is 44.2 Å². The Hall–Kier alpha value is -2.57. The molecule has 0 spiro atoms. The van der Waals surface area contributed by atoms with Crippen molar-refractivity contribution in [2.75, 3.05) is 0 Å². The molecule has 2 aromatic heterocycles. The molecule has 4 rings (SSSR count). The van der Waals surface area contributed by atoms with E-state index in [2.05, 4.69) is 15.2 Å². The van der Waals surface area contributed by atoms with Crippen LogP contribution in [-0.2, 0) is 12.5 Å². The number of alkyl halides is 2. The lowest BCUT2D eigenvalue weighted by atomic mass is 9.95. The minimum atomic E-state index is -2.59. The molecule has 0 amide bonds. The summed E-state index contributed by atoms with van der Waals surface area (Å²) >= 11 is 0. The first-order valence-corrected chi connectivity index (χ1v) is 8.32. The normalized spacial score (nSPS) is 15.0. The van der Waals surface area contributed by atoms with Gasteiger partial charge in [-0.2, -0.15) is 10.1 Å². The van der Waals surface area contributed by atoms with Gasteiger partial charge in [-0.05, 0) is 24.5 Å². The van der Waals surface area contributed by atoms with Crippen molar-refractivity contribution in [2.24, 2.45) is 7.05 Å². The van der Waals surface area contributed by atoms with E-state index >= 15 is 0 Å². The topological polar surface area (TPSA) is 56.7 Å². The van der Waals surface area contributed by atoms with Gasteiger partial charge in [0.2, 0.25) is 0 Å². The molecule has 5 nitrogen and oxygen atoms in total. The Bertz CT molecular complexity index is 838. The van der Waals surface area contributed by atoms with Gasteiger partial charge < -0.3 is 4.52 Å². The molecule has 0 unspecified atom stereocenters. The minimum absolute atomic E-state index is 0.171. The number of hydrogen-bond acceptors (Lipinski definition) is 4. The number of aryl methyl sites for hydroxylation is 1. The zero-order chi connectivity index (χ0) is 18.0. The Labute approximate surface area is 144 Å². The molecule has 0 bridgehead atoms. The number of hydrogen-bond donors (Lipinski definition) is 0. The van der Waals surface area contributed by atoms with Gasteiger partial charge >= 0.3 is 0 Å². The van der Waals surface area contributed by atoms with Gasteiger partial charge in [0.1, 0.15) is 5.69 Å². The fourth-order valence-corrected chi connectivity index (χ4v) is 2.84. The second-order valence-corrected chi connectivity index (χ2v) is 5.75. The molecule has 0 atom stereocenters. The standard InChI is InChI=1S/C16H14F2N4O.C2H6/c1-22-12(13(17)18)9-11(20-22)14-19-15(21-23-14)16(7-8-16)10-5-3-2-4-6-10;1-2/h2-6,9,13H,7-8H2,1H3;1-2H3. The SMILES string of the molecule is CC.Cn1nc(-c2nc(C3(c4ccccc4)CC3)no2)cc1C(F)F. The minimum Gasteiger partial charge on any atom is -0.332 e. The number of aromatic nitrogens is 4. The van der Waals surface area contributed by atoms with Gasteiger partial charge in [-0.25, -0.2) is 8.78 Å². The predicted molar refractivity (Wildman–Crippen MR) is 89.3 cm³/mol. The predicted octanol–water partition coefficient (Wildman–Crippen LogP) is 4.51. The average Bonchev–Trinajstić information content (AvgIpc) is 3.12. The number of rotatable bonds is 4. The molecule has 0 N–H and O–H groups in total. The third-order valence-electron chi connectivity index (χ3n) is 4.29. The molecule has 25 heavy (non-hydrogen) atoms. The first kappa shape index (κ1) is 17.3. The largest absolute Gasteiger partial charge is 0.332 e. The van der Waals surface area contributed by atoms with Crippen LogP contribution in [0, 0.1) is 0 Å². The molecule has 1 aliphatic rings. The third-order valence-corrected chi connectivity index (χ3v) is 4.29. The maximum absolute atomic E-state index is 12.9. The highest BCUT2D eigenvalue weighted by Crippen LogP contribution is 2.52. The van der Waals surface area contributed by atoms with Crippen molar-refractivity contribution in [3.05, 3.63) is 53.5 Å². The molecule has 7 heteroatoms. The number of nitrogens with zero attached hydrogens (tertiary/aromatic N) is 4. The number of halogens is 2. The van der Waals surface area contributed by atoms with Crippen LogP contribution >= 0.6 is 0 Å². The van der Waals surface area contributed by atoms with Gasteiger partial charge in [0.05, 0.1) is 5.41 Å². The third kappa shape index (κ3) is 3.06. The Morgan fingerprint density at radius 1 is 1.16 bits per heavy atom. The summed E-state index contributed by atoms with van der Waals surface area (Å²) < 4.78 is 32.1. The van der Waals surface area contributed by atoms with Gasteiger partial charge in [0.25, 0.3) is 12.3 Å². The summed E-state index contributed by atoms with van der Waals surface area (Å²) in [6.45, 7) is 4.00. The Morgan fingerprint density at radius 3 is 2.40 bits per heavy atom. The molecular weight excluding hydrogens is 326 g/mol. The van der Waals surface area contributed by atoms with Crippen molar-refractivity contribution < 1.29 is 13.3 Å². The summed E-state index contributed by atoms with van der Waals surface area (Å²) in [5.74, 6) is 0.757. The smallest absolute Gasteiger partial charge is 0.280 e. The van der Waals surface area contributed by atoms with Crippen molar-refractivity contribution in [1.29, 1.82) is 0 Å². The van der Waals surface area contributed by atoms with Gasteiger partial charge in [-0.15, -0.1) is 0 Å². The average molecular weight is 346 g/mol. The first-order chi connectivity index (χ1) is 12.1. The van der Waals surface area contributed by atoms with Crippen LogP contribution in [0.2, 0.25) is 0 Å². The first-order valence-electron chi connectivity index (χ1n) is 8.32. The van der Waals surface area contributed by atoms with Gasteiger partial charge in [0, 0.05) is 7.05 Å². The van der Waals surface area contributed by atoms with Crippen LogP contribution in [0.15, 0.2) is 40.9 Å². The van der Waals surface area contributed by atoms with E-state index in [9.17, 15) is 8.78 Å². The van der Waals surface area contributed by atoms with E-state index in [1.54, 1.807) is 0 Å². The summed E-state index contributed by atoms with van der Waals surface area (Å²) in [5, 5.41) is 8.10. The lowest BCUT2D eigenvalue weighted by molar-refractivity contribution is 0.141.